The predicted octanol–water partition coefficient (Wildman–Crippen LogP) is 1.89. The summed E-state index contributed by atoms with van der Waals surface area (Å²) in [5.74, 6) is 1.13. The van der Waals surface area contributed by atoms with Gasteiger partial charge in [0.1, 0.15) is 0 Å². The summed E-state index contributed by atoms with van der Waals surface area (Å²) in [5.41, 5.74) is 1.90. The zero-order valence-corrected chi connectivity index (χ0v) is 7.97. The molecule has 3 heteroatoms. The molecule has 0 spiro atoms. The molecule has 0 amide bonds. The minimum Gasteiger partial charge on any atom is -0.301 e. The third-order valence-electron chi connectivity index (χ3n) is 2.08. The summed E-state index contributed by atoms with van der Waals surface area (Å²) in [4.78, 5) is 0. The van der Waals surface area contributed by atoms with Gasteiger partial charge >= 0.3 is 0 Å². The van der Waals surface area contributed by atoms with Gasteiger partial charge in [-0.05, 0) is 11.6 Å². The van der Waals surface area contributed by atoms with E-state index in [2.05, 4.69) is 11.4 Å². The second-order valence-electron chi connectivity index (χ2n) is 2.90. The summed E-state index contributed by atoms with van der Waals surface area (Å²) in [6.07, 6.45) is 0. The molecule has 1 aliphatic heterocycles. The molecule has 13 heavy (non-hydrogen) atoms. The Kier molecular flexibility index (Phi) is 2.53. The Labute approximate surface area is 82.0 Å². The molecule has 0 radical (unpaired) electrons. The van der Waals surface area contributed by atoms with E-state index in [1.807, 2.05) is 36.0 Å². The Morgan fingerprint density at radius 3 is 3.00 bits per heavy atom. The zero-order chi connectivity index (χ0) is 9.10. The first kappa shape index (κ1) is 8.61. The van der Waals surface area contributed by atoms with E-state index in [0.717, 1.165) is 23.4 Å². The highest BCUT2D eigenvalue weighted by Gasteiger charge is 2.18. The van der Waals surface area contributed by atoms with E-state index in [-0.39, 0.29) is 0 Å². The molecule has 66 valence electrons. The molecule has 0 saturated carbocycles. The molecule has 1 aliphatic rings. The second kappa shape index (κ2) is 3.82. The first-order valence-corrected chi connectivity index (χ1v) is 5.30. The van der Waals surface area contributed by atoms with Crippen molar-refractivity contribution in [1.82, 2.24) is 5.32 Å². The van der Waals surface area contributed by atoms with Gasteiger partial charge in [-0.2, -0.15) is 5.26 Å². The maximum atomic E-state index is 8.89. The first-order valence-electron chi connectivity index (χ1n) is 4.26. The highest BCUT2D eigenvalue weighted by Crippen LogP contribution is 2.31. The number of nitriles is 1. The molecule has 1 heterocycles. The van der Waals surface area contributed by atoms with Crippen LogP contribution in [0.4, 0.5) is 0 Å². The Morgan fingerprint density at radius 2 is 2.31 bits per heavy atom. The van der Waals surface area contributed by atoms with Gasteiger partial charge in [0, 0.05) is 12.3 Å². The van der Waals surface area contributed by atoms with E-state index < -0.39 is 0 Å². The summed E-state index contributed by atoms with van der Waals surface area (Å²) in [5, 5.41) is 12.6. The van der Waals surface area contributed by atoms with Crippen LogP contribution < -0.4 is 5.32 Å². The summed E-state index contributed by atoms with van der Waals surface area (Å²) in [6.45, 7) is 1.04. The average Bonchev–Trinajstić information content (AvgIpc) is 2.70. The molecule has 1 N–H and O–H groups in total. The molecule has 1 unspecified atom stereocenters. The summed E-state index contributed by atoms with van der Waals surface area (Å²) >= 11 is 1.86. The summed E-state index contributed by atoms with van der Waals surface area (Å²) < 4.78 is 0. The molecule has 2 nitrogen and oxygen atoms in total. The van der Waals surface area contributed by atoms with Crippen LogP contribution in [0.5, 0.6) is 0 Å². The lowest BCUT2D eigenvalue weighted by Crippen LogP contribution is -2.12. The van der Waals surface area contributed by atoms with E-state index in [9.17, 15) is 0 Å². The maximum absolute atomic E-state index is 8.89. The van der Waals surface area contributed by atoms with Crippen LogP contribution in [-0.2, 0) is 0 Å². The highest BCUT2D eigenvalue weighted by atomic mass is 32.2. The van der Waals surface area contributed by atoms with Gasteiger partial charge in [0.2, 0.25) is 0 Å². The number of thioether (sulfide) groups is 1. The topological polar surface area (TPSA) is 35.8 Å². The molecule has 0 aromatic heterocycles. The first-order chi connectivity index (χ1) is 6.42. The number of hydrogen-bond acceptors (Lipinski definition) is 3. The predicted molar refractivity (Wildman–Crippen MR) is 54.4 cm³/mol. The monoisotopic (exact) mass is 190 g/mol. The van der Waals surface area contributed by atoms with Crippen LogP contribution >= 0.6 is 11.8 Å². The molecule has 1 saturated heterocycles. The second-order valence-corrected chi connectivity index (χ2v) is 4.12. The molecular formula is C10H10N2S. The minimum atomic E-state index is 0.316. The van der Waals surface area contributed by atoms with Gasteiger partial charge in [-0.25, -0.2) is 0 Å². The molecule has 0 aliphatic carbocycles. The van der Waals surface area contributed by atoms with Crippen LogP contribution in [0.15, 0.2) is 24.3 Å². The van der Waals surface area contributed by atoms with E-state index in [0.29, 0.717) is 5.37 Å². The number of benzene rings is 1. The van der Waals surface area contributed by atoms with E-state index in [1.165, 1.54) is 0 Å². The van der Waals surface area contributed by atoms with E-state index in [4.69, 9.17) is 5.26 Å². The minimum absolute atomic E-state index is 0.316. The third-order valence-corrected chi connectivity index (χ3v) is 3.27. The largest absolute Gasteiger partial charge is 0.301 e. The lowest BCUT2D eigenvalue weighted by atomic mass is 10.1. The smallest absolute Gasteiger partial charge is 0.0995 e. The van der Waals surface area contributed by atoms with Crippen molar-refractivity contribution in [2.75, 3.05) is 12.3 Å². The lowest BCUT2D eigenvalue weighted by Gasteiger charge is -2.10. The van der Waals surface area contributed by atoms with Crippen molar-refractivity contribution in [3.63, 3.8) is 0 Å². The maximum Gasteiger partial charge on any atom is 0.0995 e. The van der Waals surface area contributed by atoms with Gasteiger partial charge in [-0.1, -0.05) is 18.2 Å². The Hall–Kier alpha value is -0.980. The van der Waals surface area contributed by atoms with Gasteiger partial charge < -0.3 is 5.32 Å². The van der Waals surface area contributed by atoms with Crippen LogP contribution in [0.3, 0.4) is 0 Å². The van der Waals surface area contributed by atoms with Crippen molar-refractivity contribution in [3.05, 3.63) is 35.4 Å². The molecule has 1 aromatic carbocycles. The molecule has 1 aromatic rings. The quantitative estimate of drug-likeness (QED) is 0.734. The highest BCUT2D eigenvalue weighted by molar-refractivity contribution is 7.99. The molecule has 1 fully saturated rings. The fourth-order valence-corrected chi connectivity index (χ4v) is 2.55. The summed E-state index contributed by atoms with van der Waals surface area (Å²) in [7, 11) is 0. The third kappa shape index (κ3) is 1.69. The fourth-order valence-electron chi connectivity index (χ4n) is 1.45. The molecular weight excluding hydrogens is 180 g/mol. The van der Waals surface area contributed by atoms with E-state index >= 15 is 0 Å². The van der Waals surface area contributed by atoms with Gasteiger partial charge in [-0.3, -0.25) is 0 Å². The van der Waals surface area contributed by atoms with Crippen molar-refractivity contribution >= 4 is 11.8 Å². The van der Waals surface area contributed by atoms with Crippen molar-refractivity contribution in [3.8, 4) is 6.07 Å². The number of nitrogens with one attached hydrogen (secondary N) is 1. The van der Waals surface area contributed by atoms with E-state index in [1.54, 1.807) is 0 Å². The van der Waals surface area contributed by atoms with Gasteiger partial charge in [0.25, 0.3) is 0 Å². The Bertz CT molecular complexity index is 337. The average molecular weight is 190 g/mol. The van der Waals surface area contributed by atoms with Crippen molar-refractivity contribution in [2.24, 2.45) is 0 Å². The van der Waals surface area contributed by atoms with Crippen molar-refractivity contribution < 1.29 is 0 Å². The van der Waals surface area contributed by atoms with Gasteiger partial charge in [-0.15, -0.1) is 11.8 Å². The van der Waals surface area contributed by atoms with Crippen molar-refractivity contribution in [1.29, 1.82) is 5.26 Å². The van der Waals surface area contributed by atoms with Crippen LogP contribution in [0.25, 0.3) is 0 Å². The lowest BCUT2D eigenvalue weighted by molar-refractivity contribution is 0.749. The molecule has 0 bridgehead atoms. The van der Waals surface area contributed by atoms with Gasteiger partial charge in [0.15, 0.2) is 0 Å². The Balaban J connectivity index is 2.33. The fraction of sp³-hybridized carbons (Fsp3) is 0.300. The van der Waals surface area contributed by atoms with Gasteiger partial charge in [0.05, 0.1) is 17.0 Å². The molecule has 1 atom stereocenters. The normalized spacial score (nSPS) is 21.3. The number of hydrogen-bond donors (Lipinski definition) is 1. The number of nitrogens with zero attached hydrogens (tertiary/aromatic N) is 1. The van der Waals surface area contributed by atoms with Crippen LogP contribution in [-0.4, -0.2) is 12.3 Å². The van der Waals surface area contributed by atoms with Crippen molar-refractivity contribution in [2.45, 2.75) is 5.37 Å². The number of rotatable bonds is 1. The summed E-state index contributed by atoms with van der Waals surface area (Å²) in [6, 6.07) is 10.00. The Morgan fingerprint density at radius 1 is 1.46 bits per heavy atom. The van der Waals surface area contributed by atoms with Crippen LogP contribution in [0.1, 0.15) is 16.5 Å². The SMILES string of the molecule is N#Cc1ccccc1C1NCCS1. The standard InChI is InChI=1S/C10H10N2S/c11-7-8-3-1-2-4-9(8)10-12-5-6-13-10/h1-4,10,12H,5-6H2. The van der Waals surface area contributed by atoms with Crippen LogP contribution in [0, 0.1) is 11.3 Å². The molecule has 2 rings (SSSR count). The zero-order valence-electron chi connectivity index (χ0n) is 7.16. The van der Waals surface area contributed by atoms with Crippen LogP contribution in [0.2, 0.25) is 0 Å².